The third-order valence-electron chi connectivity index (χ3n) is 4.79. The summed E-state index contributed by atoms with van der Waals surface area (Å²) >= 11 is 4.31. The van der Waals surface area contributed by atoms with E-state index in [-0.39, 0.29) is 5.97 Å². The predicted octanol–water partition coefficient (Wildman–Crippen LogP) is 2.42. The van der Waals surface area contributed by atoms with Gasteiger partial charge < -0.3 is 13.9 Å². The molecule has 9 heteroatoms. The Bertz CT molecular complexity index is 1240. The van der Waals surface area contributed by atoms with Gasteiger partial charge in [-0.25, -0.2) is 19.7 Å². The molecule has 0 aliphatic carbocycles. The van der Waals surface area contributed by atoms with E-state index in [9.17, 15) is 4.79 Å². The van der Waals surface area contributed by atoms with Gasteiger partial charge in [-0.15, -0.1) is 12.6 Å². The van der Waals surface area contributed by atoms with Crippen molar-refractivity contribution >= 4 is 42.3 Å². The number of carbonyl (C=O) groups is 1. The summed E-state index contributed by atoms with van der Waals surface area (Å²) in [5.41, 5.74) is 4.68. The average molecular weight is 402 g/mol. The topological polar surface area (TPSA) is 79.1 Å². The Morgan fingerprint density at radius 3 is 2.72 bits per heavy atom. The van der Waals surface area contributed by atoms with Gasteiger partial charge in [-0.3, -0.25) is 0 Å². The smallest absolute Gasteiger partial charge is 0.521 e. The van der Waals surface area contributed by atoms with Crippen LogP contribution in [0, 0.1) is 6.92 Å². The van der Waals surface area contributed by atoms with Crippen molar-refractivity contribution in [2.24, 2.45) is 0 Å². The quantitative estimate of drug-likeness (QED) is 0.322. The van der Waals surface area contributed by atoms with Crippen LogP contribution in [0.15, 0.2) is 60.1 Å². The number of aromatic nitrogens is 4. The summed E-state index contributed by atoms with van der Waals surface area (Å²) in [6.45, 7) is 2.54. The zero-order valence-corrected chi connectivity index (χ0v) is 16.3. The fourth-order valence-corrected chi connectivity index (χ4v) is 3.50. The monoisotopic (exact) mass is 402 g/mol. The first-order valence-electron chi connectivity index (χ1n) is 9.00. The van der Waals surface area contributed by atoms with Gasteiger partial charge in [0.1, 0.15) is 22.6 Å². The third kappa shape index (κ3) is 3.23. The number of benzene rings is 2. The molecule has 29 heavy (non-hydrogen) atoms. The minimum atomic E-state index is -0.764. The van der Waals surface area contributed by atoms with Crippen molar-refractivity contribution in [2.45, 2.75) is 18.5 Å². The van der Waals surface area contributed by atoms with Crippen molar-refractivity contribution in [3.63, 3.8) is 0 Å². The fourth-order valence-electron chi connectivity index (χ4n) is 3.29. The highest BCUT2D eigenvalue weighted by atomic mass is 32.1. The van der Waals surface area contributed by atoms with E-state index >= 15 is 0 Å². The predicted molar refractivity (Wildman–Crippen MR) is 111 cm³/mol. The SMILES string of the molecule is Cc1ccc2c(c1)OB(c1ccc(Cn3cnc4c(S)ncnc43)cc1)OC2=O. The molecular weight excluding hydrogens is 387 g/mol. The third-order valence-corrected chi connectivity index (χ3v) is 5.12. The lowest BCUT2D eigenvalue weighted by atomic mass is 9.77. The van der Waals surface area contributed by atoms with E-state index in [4.69, 9.17) is 9.31 Å². The number of thiol groups is 1. The number of aryl methyl sites for hydroxylation is 1. The first-order chi connectivity index (χ1) is 14.1. The maximum Gasteiger partial charge on any atom is 0.634 e. The number of fused-ring (bicyclic) bond motifs is 2. The lowest BCUT2D eigenvalue weighted by Crippen LogP contribution is -2.44. The van der Waals surface area contributed by atoms with Gasteiger partial charge in [-0.2, -0.15) is 0 Å². The Hall–Kier alpha value is -3.33. The van der Waals surface area contributed by atoms with E-state index in [1.54, 1.807) is 12.4 Å². The molecule has 5 rings (SSSR count). The van der Waals surface area contributed by atoms with Crippen LogP contribution in [0.5, 0.6) is 5.75 Å². The largest absolute Gasteiger partial charge is 0.634 e. The van der Waals surface area contributed by atoms with Crippen LogP contribution in [-0.2, 0) is 11.2 Å². The Morgan fingerprint density at radius 1 is 1.07 bits per heavy atom. The van der Waals surface area contributed by atoms with Crippen LogP contribution in [0.3, 0.4) is 0 Å². The second kappa shape index (κ2) is 6.93. The molecule has 0 N–H and O–H groups in total. The molecular formula is C20H15BN4O3S. The fraction of sp³-hybridized carbons (Fsp3) is 0.100. The molecule has 1 aliphatic rings. The van der Waals surface area contributed by atoms with Gasteiger partial charge in [-0.1, -0.05) is 30.3 Å². The zero-order chi connectivity index (χ0) is 20.0. The number of carbonyl (C=O) groups excluding carboxylic acids is 1. The number of hydrogen-bond acceptors (Lipinski definition) is 7. The van der Waals surface area contributed by atoms with Gasteiger partial charge in [0.25, 0.3) is 0 Å². The molecule has 0 unspecified atom stereocenters. The molecule has 0 saturated carbocycles. The normalized spacial score (nSPS) is 13.2. The number of hydrogen-bond donors (Lipinski definition) is 1. The molecule has 3 heterocycles. The van der Waals surface area contributed by atoms with Gasteiger partial charge in [0.15, 0.2) is 5.65 Å². The van der Waals surface area contributed by atoms with Crippen LogP contribution in [0.25, 0.3) is 11.2 Å². The van der Waals surface area contributed by atoms with E-state index in [2.05, 4.69) is 27.6 Å². The first kappa shape index (κ1) is 17.8. The molecule has 4 aromatic rings. The molecule has 1 aliphatic heterocycles. The summed E-state index contributed by atoms with van der Waals surface area (Å²) in [5.74, 6) is 0.162. The zero-order valence-electron chi connectivity index (χ0n) is 15.4. The van der Waals surface area contributed by atoms with Gasteiger partial charge in [0.05, 0.1) is 18.4 Å². The van der Waals surface area contributed by atoms with Crippen molar-refractivity contribution in [2.75, 3.05) is 0 Å². The molecule has 142 valence electrons. The minimum absolute atomic E-state index is 0.382. The molecule has 0 spiro atoms. The summed E-state index contributed by atoms with van der Waals surface area (Å²) < 4.78 is 13.3. The standard InChI is InChI=1S/C20H15BN4O3S/c1-12-2-7-15-16(8-12)27-21(28-20(15)26)14-5-3-13(4-6-14)9-25-11-24-17-18(25)22-10-23-19(17)29/h2-8,10-11H,9H2,1H3,(H,22,23,29). The molecule has 0 atom stereocenters. The van der Waals surface area contributed by atoms with Crippen LogP contribution in [0.1, 0.15) is 21.5 Å². The van der Waals surface area contributed by atoms with Crippen molar-refractivity contribution in [3.8, 4) is 5.75 Å². The van der Waals surface area contributed by atoms with E-state index in [1.165, 1.54) is 6.33 Å². The highest BCUT2D eigenvalue weighted by Crippen LogP contribution is 2.26. The molecule has 7 nitrogen and oxygen atoms in total. The minimum Gasteiger partial charge on any atom is -0.521 e. The molecule has 0 bridgehead atoms. The average Bonchev–Trinajstić information content (AvgIpc) is 3.12. The summed E-state index contributed by atoms with van der Waals surface area (Å²) in [6.07, 6.45) is 3.19. The van der Waals surface area contributed by atoms with E-state index < -0.39 is 7.12 Å². The molecule has 0 radical (unpaired) electrons. The Morgan fingerprint density at radius 2 is 1.90 bits per heavy atom. The van der Waals surface area contributed by atoms with Gasteiger partial charge in [-0.05, 0) is 30.2 Å². The number of imidazole rings is 1. The lowest BCUT2D eigenvalue weighted by molar-refractivity contribution is 0.0687. The van der Waals surface area contributed by atoms with E-state index in [0.717, 1.165) is 22.2 Å². The molecule has 2 aromatic heterocycles. The summed E-state index contributed by atoms with van der Waals surface area (Å²) in [7, 11) is -0.764. The van der Waals surface area contributed by atoms with E-state index in [0.29, 0.717) is 28.4 Å². The lowest BCUT2D eigenvalue weighted by Gasteiger charge is -2.23. The molecule has 0 amide bonds. The van der Waals surface area contributed by atoms with Crippen LogP contribution < -0.4 is 10.1 Å². The van der Waals surface area contributed by atoms with Crippen molar-refractivity contribution in [3.05, 3.63) is 71.8 Å². The Balaban J connectivity index is 1.38. The summed E-state index contributed by atoms with van der Waals surface area (Å²) in [4.78, 5) is 24.9. The van der Waals surface area contributed by atoms with Gasteiger partial charge >= 0.3 is 13.1 Å². The van der Waals surface area contributed by atoms with Crippen LogP contribution in [-0.4, -0.2) is 32.6 Å². The Kier molecular flexibility index (Phi) is 4.24. The van der Waals surface area contributed by atoms with Crippen LogP contribution >= 0.6 is 12.6 Å². The molecule has 0 saturated heterocycles. The highest BCUT2D eigenvalue weighted by molar-refractivity contribution is 7.80. The highest BCUT2D eigenvalue weighted by Gasteiger charge is 2.35. The van der Waals surface area contributed by atoms with E-state index in [1.807, 2.05) is 47.9 Å². The van der Waals surface area contributed by atoms with Crippen LogP contribution in [0.4, 0.5) is 0 Å². The van der Waals surface area contributed by atoms with Crippen LogP contribution in [0.2, 0.25) is 0 Å². The molecule has 0 fully saturated rings. The van der Waals surface area contributed by atoms with Gasteiger partial charge in [0, 0.05) is 5.46 Å². The van der Waals surface area contributed by atoms with Crippen molar-refractivity contribution in [1.82, 2.24) is 19.5 Å². The number of rotatable bonds is 3. The maximum atomic E-state index is 12.3. The summed E-state index contributed by atoms with van der Waals surface area (Å²) in [5, 5.41) is 0.552. The summed E-state index contributed by atoms with van der Waals surface area (Å²) in [6, 6.07) is 13.2. The number of nitrogens with zero attached hydrogens (tertiary/aromatic N) is 4. The first-order valence-corrected chi connectivity index (χ1v) is 9.45. The van der Waals surface area contributed by atoms with Gasteiger partial charge in [0.2, 0.25) is 0 Å². The van der Waals surface area contributed by atoms with Crippen molar-refractivity contribution < 1.29 is 14.1 Å². The second-order valence-electron chi connectivity index (χ2n) is 6.84. The second-order valence-corrected chi connectivity index (χ2v) is 7.26. The Labute approximate surface area is 172 Å². The molecule has 2 aromatic carbocycles. The van der Waals surface area contributed by atoms with Crippen molar-refractivity contribution in [1.29, 1.82) is 0 Å². The maximum absolute atomic E-state index is 12.3.